The van der Waals surface area contributed by atoms with Crippen molar-refractivity contribution in [3.05, 3.63) is 23.3 Å². The zero-order chi connectivity index (χ0) is 23.2. The number of aliphatic carboxylic acids is 2. The number of phenols is 2. The molecule has 0 heterocycles. The van der Waals surface area contributed by atoms with Crippen LogP contribution < -0.4 is 0 Å². The summed E-state index contributed by atoms with van der Waals surface area (Å²) in [5.41, 5.74) is 0.944. The predicted octanol–water partition coefficient (Wildman–Crippen LogP) is 5.81. The van der Waals surface area contributed by atoms with Crippen LogP contribution in [-0.4, -0.2) is 32.4 Å². The zero-order valence-corrected chi connectivity index (χ0v) is 19.1. The van der Waals surface area contributed by atoms with Gasteiger partial charge in [0.15, 0.2) is 11.5 Å². The molecule has 1 aromatic rings. The molecule has 3 rings (SSSR count). The summed E-state index contributed by atoms with van der Waals surface area (Å²) in [5, 5.41) is 38.8. The number of aromatic hydroxyl groups is 2. The number of carboxylic acid groups (broad SMARTS) is 2. The first-order chi connectivity index (χ1) is 15.3. The van der Waals surface area contributed by atoms with Gasteiger partial charge in [-0.1, -0.05) is 44.6 Å². The SMILES string of the molecule is O=C(O)C1(CCCCCCc2cc(O)c(O)c(CCCCCCC3(C(=O)O)CC3)c2)CC1. The number of rotatable bonds is 16. The van der Waals surface area contributed by atoms with E-state index < -0.39 is 22.8 Å². The molecule has 2 aliphatic carbocycles. The average Bonchev–Trinajstić information content (AvgIpc) is 3.66. The van der Waals surface area contributed by atoms with Crippen molar-refractivity contribution in [2.24, 2.45) is 10.8 Å². The van der Waals surface area contributed by atoms with Crippen LogP contribution in [-0.2, 0) is 22.4 Å². The van der Waals surface area contributed by atoms with Gasteiger partial charge < -0.3 is 20.4 Å². The van der Waals surface area contributed by atoms with E-state index in [-0.39, 0.29) is 11.5 Å². The zero-order valence-electron chi connectivity index (χ0n) is 19.1. The summed E-state index contributed by atoms with van der Waals surface area (Å²) in [5.74, 6) is -1.38. The van der Waals surface area contributed by atoms with Crippen molar-refractivity contribution in [2.75, 3.05) is 0 Å². The first-order valence-corrected chi connectivity index (χ1v) is 12.3. The molecule has 6 nitrogen and oxygen atoms in total. The minimum absolute atomic E-state index is 0.0278. The van der Waals surface area contributed by atoms with Gasteiger partial charge in [0.25, 0.3) is 0 Å². The van der Waals surface area contributed by atoms with Crippen molar-refractivity contribution in [1.29, 1.82) is 0 Å². The third-order valence-corrected chi connectivity index (χ3v) is 7.57. The Morgan fingerprint density at radius 3 is 1.62 bits per heavy atom. The monoisotopic (exact) mass is 446 g/mol. The number of aryl methyl sites for hydroxylation is 2. The van der Waals surface area contributed by atoms with E-state index in [1.54, 1.807) is 6.07 Å². The van der Waals surface area contributed by atoms with Crippen LogP contribution in [0.1, 0.15) is 101 Å². The molecule has 0 aliphatic heterocycles. The minimum atomic E-state index is -0.651. The van der Waals surface area contributed by atoms with Crippen molar-refractivity contribution in [2.45, 2.75) is 103 Å². The average molecular weight is 447 g/mol. The summed E-state index contributed by atoms with van der Waals surface area (Å²) in [6.45, 7) is 0. The maximum Gasteiger partial charge on any atom is 0.309 e. The molecular formula is C26H38O6. The van der Waals surface area contributed by atoms with E-state index in [1.165, 1.54) is 0 Å². The predicted molar refractivity (Wildman–Crippen MR) is 122 cm³/mol. The van der Waals surface area contributed by atoms with E-state index in [9.17, 15) is 30.0 Å². The third-order valence-electron chi connectivity index (χ3n) is 7.57. The molecule has 0 bridgehead atoms. The fourth-order valence-corrected chi connectivity index (χ4v) is 4.80. The lowest BCUT2D eigenvalue weighted by atomic mass is 9.96. The first-order valence-electron chi connectivity index (χ1n) is 12.3. The summed E-state index contributed by atoms with van der Waals surface area (Å²) < 4.78 is 0. The Morgan fingerprint density at radius 2 is 1.16 bits per heavy atom. The highest BCUT2D eigenvalue weighted by molar-refractivity contribution is 5.78. The van der Waals surface area contributed by atoms with Gasteiger partial charge in [-0.3, -0.25) is 9.59 Å². The lowest BCUT2D eigenvalue weighted by molar-refractivity contribution is -0.144. The second kappa shape index (κ2) is 10.6. The minimum Gasteiger partial charge on any atom is -0.504 e. The van der Waals surface area contributed by atoms with Crippen LogP contribution in [0.25, 0.3) is 0 Å². The fourth-order valence-electron chi connectivity index (χ4n) is 4.80. The van der Waals surface area contributed by atoms with Crippen molar-refractivity contribution >= 4 is 11.9 Å². The van der Waals surface area contributed by atoms with Gasteiger partial charge in [-0.2, -0.15) is 0 Å². The molecule has 2 fully saturated rings. The molecule has 178 valence electrons. The molecule has 0 radical (unpaired) electrons. The van der Waals surface area contributed by atoms with Gasteiger partial charge in [0.2, 0.25) is 0 Å². The van der Waals surface area contributed by atoms with E-state index in [0.717, 1.165) is 107 Å². The maximum atomic E-state index is 11.2. The number of hydrogen-bond donors (Lipinski definition) is 4. The smallest absolute Gasteiger partial charge is 0.309 e. The molecule has 0 atom stereocenters. The lowest BCUT2D eigenvalue weighted by Gasteiger charge is -2.11. The molecule has 0 amide bonds. The van der Waals surface area contributed by atoms with Gasteiger partial charge in [-0.25, -0.2) is 0 Å². The van der Waals surface area contributed by atoms with E-state index in [2.05, 4.69) is 0 Å². The van der Waals surface area contributed by atoms with Crippen LogP contribution in [0.5, 0.6) is 11.5 Å². The van der Waals surface area contributed by atoms with E-state index in [4.69, 9.17) is 0 Å². The molecule has 0 aromatic heterocycles. The summed E-state index contributed by atoms with van der Waals surface area (Å²) in [4.78, 5) is 22.4. The normalized spacial score (nSPS) is 17.8. The second-order valence-corrected chi connectivity index (χ2v) is 10.1. The number of hydrogen-bond acceptors (Lipinski definition) is 4. The number of phenolic OH excluding ortho intramolecular Hbond substituents is 2. The molecule has 0 unspecified atom stereocenters. The van der Waals surface area contributed by atoms with Crippen molar-refractivity contribution in [1.82, 2.24) is 0 Å². The lowest BCUT2D eigenvalue weighted by Crippen LogP contribution is -2.14. The molecule has 32 heavy (non-hydrogen) atoms. The summed E-state index contributed by atoms with van der Waals surface area (Å²) >= 11 is 0. The van der Waals surface area contributed by atoms with Crippen molar-refractivity contribution in [3.63, 3.8) is 0 Å². The van der Waals surface area contributed by atoms with Gasteiger partial charge >= 0.3 is 11.9 Å². The fraction of sp³-hybridized carbons (Fsp3) is 0.692. The molecule has 0 saturated heterocycles. The molecular weight excluding hydrogens is 408 g/mol. The van der Waals surface area contributed by atoms with Crippen molar-refractivity contribution in [3.8, 4) is 11.5 Å². The Labute approximate surface area is 190 Å². The van der Waals surface area contributed by atoms with Crippen LogP contribution in [0, 0.1) is 10.8 Å². The highest BCUT2D eigenvalue weighted by Gasteiger charge is 2.49. The second-order valence-electron chi connectivity index (χ2n) is 10.1. The van der Waals surface area contributed by atoms with Crippen LogP contribution in [0.2, 0.25) is 0 Å². The van der Waals surface area contributed by atoms with Crippen molar-refractivity contribution < 1.29 is 30.0 Å². The van der Waals surface area contributed by atoms with Gasteiger partial charge in [-0.05, 0) is 81.4 Å². The van der Waals surface area contributed by atoms with Gasteiger partial charge in [0.1, 0.15) is 0 Å². The van der Waals surface area contributed by atoms with Gasteiger partial charge in [0.05, 0.1) is 10.8 Å². The van der Waals surface area contributed by atoms with Gasteiger partial charge in [0, 0.05) is 0 Å². The highest BCUT2D eigenvalue weighted by Crippen LogP contribution is 2.50. The molecule has 6 heteroatoms. The van der Waals surface area contributed by atoms with Gasteiger partial charge in [-0.15, -0.1) is 0 Å². The standard InChI is InChI=1S/C26H38O6/c27-21-18-19(9-5-1-3-7-11-25(13-14-25)23(29)30)17-20(22(21)28)10-6-2-4-8-12-26(15-16-26)24(31)32/h17-18,27-28H,1-16H2,(H,29,30)(H,31,32). The molecule has 2 aliphatic rings. The van der Waals surface area contributed by atoms with E-state index in [0.29, 0.717) is 6.42 Å². The topological polar surface area (TPSA) is 115 Å². The first kappa shape index (κ1) is 24.4. The Hall–Kier alpha value is -2.24. The molecule has 2 saturated carbocycles. The number of carbonyl (C=O) groups is 2. The van der Waals surface area contributed by atoms with E-state index >= 15 is 0 Å². The Kier molecular flexibility index (Phi) is 8.07. The Bertz CT molecular complexity index is 807. The maximum absolute atomic E-state index is 11.2. The molecule has 4 N–H and O–H groups in total. The third kappa shape index (κ3) is 6.39. The molecule has 0 spiro atoms. The van der Waals surface area contributed by atoms with Crippen LogP contribution in [0.3, 0.4) is 0 Å². The van der Waals surface area contributed by atoms with Crippen LogP contribution in [0.15, 0.2) is 12.1 Å². The number of benzene rings is 1. The quantitative estimate of drug-likeness (QED) is 0.188. The highest BCUT2D eigenvalue weighted by atomic mass is 16.4. The Morgan fingerprint density at radius 1 is 0.688 bits per heavy atom. The molecule has 1 aromatic carbocycles. The summed E-state index contributed by atoms with van der Waals surface area (Å²) in [6, 6.07) is 3.63. The largest absolute Gasteiger partial charge is 0.504 e. The number of carboxylic acids is 2. The summed E-state index contributed by atoms with van der Waals surface area (Å²) in [6.07, 6.45) is 14.1. The Balaban J connectivity index is 1.32. The van der Waals surface area contributed by atoms with Crippen LogP contribution in [0.4, 0.5) is 0 Å². The summed E-state index contributed by atoms with van der Waals surface area (Å²) in [7, 11) is 0. The number of unbranched alkanes of at least 4 members (excludes halogenated alkanes) is 6. The van der Waals surface area contributed by atoms with E-state index in [1.807, 2.05) is 6.07 Å². The van der Waals surface area contributed by atoms with Crippen LogP contribution >= 0.6 is 0 Å².